The standard InChI is InChI=1S/C15H23N3OS/c1-2-7-18(11-14-6-4-9-20-14)15(19)12-17-8-3-5-13(16)10-17/h2,4,6,9,13H,1,3,5,7-8,10-12,16H2. The highest BCUT2D eigenvalue weighted by molar-refractivity contribution is 7.09. The number of amides is 1. The monoisotopic (exact) mass is 293 g/mol. The summed E-state index contributed by atoms with van der Waals surface area (Å²) in [5, 5.41) is 2.04. The van der Waals surface area contributed by atoms with Crippen molar-refractivity contribution in [3.63, 3.8) is 0 Å². The molecule has 1 aromatic rings. The highest BCUT2D eigenvalue weighted by Crippen LogP contribution is 2.13. The van der Waals surface area contributed by atoms with E-state index < -0.39 is 0 Å². The van der Waals surface area contributed by atoms with Crippen LogP contribution in [0, 0.1) is 0 Å². The van der Waals surface area contributed by atoms with Crippen LogP contribution in [-0.2, 0) is 11.3 Å². The third-order valence-electron chi connectivity index (χ3n) is 3.53. The molecule has 1 saturated heterocycles. The van der Waals surface area contributed by atoms with E-state index in [1.54, 1.807) is 17.4 Å². The molecule has 1 aliphatic heterocycles. The van der Waals surface area contributed by atoms with Crippen molar-refractivity contribution in [3.05, 3.63) is 35.0 Å². The molecule has 4 nitrogen and oxygen atoms in total. The molecule has 0 spiro atoms. The summed E-state index contributed by atoms with van der Waals surface area (Å²) in [6.45, 7) is 7.27. The largest absolute Gasteiger partial charge is 0.333 e. The lowest BCUT2D eigenvalue weighted by Gasteiger charge is -2.32. The van der Waals surface area contributed by atoms with E-state index in [0.717, 1.165) is 25.9 Å². The molecule has 110 valence electrons. The number of rotatable bonds is 6. The normalized spacial score (nSPS) is 19.8. The highest BCUT2D eigenvalue weighted by atomic mass is 32.1. The van der Waals surface area contributed by atoms with Crippen LogP contribution in [0.15, 0.2) is 30.2 Å². The van der Waals surface area contributed by atoms with Crippen molar-refractivity contribution in [1.29, 1.82) is 0 Å². The van der Waals surface area contributed by atoms with E-state index in [9.17, 15) is 4.79 Å². The predicted molar refractivity (Wildman–Crippen MR) is 83.6 cm³/mol. The lowest BCUT2D eigenvalue weighted by Crippen LogP contribution is -2.47. The Morgan fingerprint density at radius 1 is 1.65 bits per heavy atom. The molecule has 2 N–H and O–H groups in total. The first-order valence-electron chi connectivity index (χ1n) is 7.08. The van der Waals surface area contributed by atoms with E-state index in [-0.39, 0.29) is 11.9 Å². The van der Waals surface area contributed by atoms with Crippen molar-refractivity contribution < 1.29 is 4.79 Å². The molecule has 0 aromatic carbocycles. The Bertz CT molecular complexity index is 432. The van der Waals surface area contributed by atoms with Crippen molar-refractivity contribution in [2.45, 2.75) is 25.4 Å². The van der Waals surface area contributed by atoms with Crippen LogP contribution in [0.4, 0.5) is 0 Å². The van der Waals surface area contributed by atoms with Gasteiger partial charge in [-0.2, -0.15) is 0 Å². The molecule has 0 aliphatic carbocycles. The van der Waals surface area contributed by atoms with Gasteiger partial charge >= 0.3 is 0 Å². The van der Waals surface area contributed by atoms with E-state index in [0.29, 0.717) is 19.6 Å². The average molecular weight is 293 g/mol. The number of carbonyl (C=O) groups is 1. The molecule has 1 aliphatic rings. The van der Waals surface area contributed by atoms with Crippen LogP contribution in [-0.4, -0.2) is 47.9 Å². The first-order valence-corrected chi connectivity index (χ1v) is 7.96. The van der Waals surface area contributed by atoms with E-state index in [1.807, 2.05) is 16.3 Å². The number of nitrogens with zero attached hydrogens (tertiary/aromatic N) is 2. The Hall–Kier alpha value is -1.17. The molecule has 20 heavy (non-hydrogen) atoms. The number of likely N-dealkylation sites (tertiary alicyclic amines) is 1. The molecule has 0 bridgehead atoms. The maximum Gasteiger partial charge on any atom is 0.237 e. The minimum Gasteiger partial charge on any atom is -0.333 e. The smallest absolute Gasteiger partial charge is 0.237 e. The van der Waals surface area contributed by atoms with Crippen molar-refractivity contribution in [1.82, 2.24) is 9.80 Å². The third-order valence-corrected chi connectivity index (χ3v) is 4.39. The number of thiophene rings is 1. The molecule has 2 rings (SSSR count). The Morgan fingerprint density at radius 2 is 2.50 bits per heavy atom. The topological polar surface area (TPSA) is 49.6 Å². The van der Waals surface area contributed by atoms with E-state index >= 15 is 0 Å². The second kappa shape index (κ2) is 7.57. The quantitative estimate of drug-likeness (QED) is 0.812. The van der Waals surface area contributed by atoms with Gasteiger partial charge < -0.3 is 10.6 Å². The minimum absolute atomic E-state index is 0.160. The second-order valence-electron chi connectivity index (χ2n) is 5.28. The lowest BCUT2D eigenvalue weighted by molar-refractivity contribution is -0.132. The second-order valence-corrected chi connectivity index (χ2v) is 6.31. The van der Waals surface area contributed by atoms with Crippen LogP contribution < -0.4 is 5.73 Å². The zero-order valence-corrected chi connectivity index (χ0v) is 12.6. The maximum atomic E-state index is 12.4. The van der Waals surface area contributed by atoms with E-state index in [4.69, 9.17) is 5.73 Å². The summed E-state index contributed by atoms with van der Waals surface area (Å²) in [6.07, 6.45) is 3.94. The predicted octanol–water partition coefficient (Wildman–Crippen LogP) is 1.69. The number of hydrogen-bond acceptors (Lipinski definition) is 4. The van der Waals surface area contributed by atoms with E-state index in [1.165, 1.54) is 4.88 Å². The number of hydrogen-bond donors (Lipinski definition) is 1. The van der Waals surface area contributed by atoms with Gasteiger partial charge in [-0.15, -0.1) is 17.9 Å². The summed E-state index contributed by atoms with van der Waals surface area (Å²) in [4.78, 5) is 17.7. The van der Waals surface area contributed by atoms with Gasteiger partial charge in [-0.3, -0.25) is 9.69 Å². The number of nitrogens with two attached hydrogens (primary N) is 1. The zero-order chi connectivity index (χ0) is 14.4. The Balaban J connectivity index is 1.90. The zero-order valence-electron chi connectivity index (χ0n) is 11.8. The minimum atomic E-state index is 0.160. The van der Waals surface area contributed by atoms with Crippen molar-refractivity contribution in [2.24, 2.45) is 5.73 Å². The molecule has 1 aromatic heterocycles. The fourth-order valence-electron chi connectivity index (χ4n) is 2.53. The van der Waals surface area contributed by atoms with Gasteiger partial charge in [0.05, 0.1) is 13.1 Å². The molecule has 1 fully saturated rings. The van der Waals surface area contributed by atoms with Crippen molar-refractivity contribution in [2.75, 3.05) is 26.2 Å². The highest BCUT2D eigenvalue weighted by Gasteiger charge is 2.21. The van der Waals surface area contributed by atoms with Gasteiger partial charge in [0.15, 0.2) is 0 Å². The van der Waals surface area contributed by atoms with Gasteiger partial charge in [0.2, 0.25) is 5.91 Å². The first kappa shape index (κ1) is 15.2. The molecule has 2 heterocycles. The van der Waals surface area contributed by atoms with Crippen LogP contribution in [0.25, 0.3) is 0 Å². The SMILES string of the molecule is C=CCN(Cc1cccs1)C(=O)CN1CCCC(N)C1. The van der Waals surface area contributed by atoms with Gasteiger partial charge in [-0.05, 0) is 30.8 Å². The van der Waals surface area contributed by atoms with Gasteiger partial charge in [0, 0.05) is 24.0 Å². The summed E-state index contributed by atoms with van der Waals surface area (Å²) in [5.74, 6) is 0.160. The third kappa shape index (κ3) is 4.44. The molecule has 1 unspecified atom stereocenters. The molecular weight excluding hydrogens is 270 g/mol. The Kier molecular flexibility index (Phi) is 5.76. The summed E-state index contributed by atoms with van der Waals surface area (Å²) < 4.78 is 0. The van der Waals surface area contributed by atoms with Crippen LogP contribution in [0.5, 0.6) is 0 Å². The molecule has 0 saturated carbocycles. The number of piperidine rings is 1. The van der Waals surface area contributed by atoms with Gasteiger partial charge in [-0.25, -0.2) is 0 Å². The summed E-state index contributed by atoms with van der Waals surface area (Å²) in [6, 6.07) is 4.28. The first-order chi connectivity index (χ1) is 9.69. The van der Waals surface area contributed by atoms with Gasteiger partial charge in [-0.1, -0.05) is 12.1 Å². The van der Waals surface area contributed by atoms with Crippen molar-refractivity contribution in [3.8, 4) is 0 Å². The fraction of sp³-hybridized carbons (Fsp3) is 0.533. The Labute approximate surface area is 124 Å². The van der Waals surface area contributed by atoms with E-state index in [2.05, 4.69) is 17.5 Å². The van der Waals surface area contributed by atoms with Crippen LogP contribution in [0.3, 0.4) is 0 Å². The van der Waals surface area contributed by atoms with Crippen LogP contribution in [0.1, 0.15) is 17.7 Å². The lowest BCUT2D eigenvalue weighted by atomic mass is 10.1. The van der Waals surface area contributed by atoms with Gasteiger partial charge in [0.1, 0.15) is 0 Å². The average Bonchev–Trinajstić information content (AvgIpc) is 2.91. The molecule has 0 radical (unpaired) electrons. The van der Waals surface area contributed by atoms with Crippen LogP contribution in [0.2, 0.25) is 0 Å². The maximum absolute atomic E-state index is 12.4. The fourth-order valence-corrected chi connectivity index (χ4v) is 3.25. The molecular formula is C15H23N3OS. The summed E-state index contributed by atoms with van der Waals surface area (Å²) >= 11 is 1.68. The molecule has 5 heteroatoms. The van der Waals surface area contributed by atoms with Gasteiger partial charge in [0.25, 0.3) is 0 Å². The molecule has 1 amide bonds. The van der Waals surface area contributed by atoms with Crippen molar-refractivity contribution >= 4 is 17.2 Å². The van der Waals surface area contributed by atoms with Crippen LogP contribution >= 0.6 is 11.3 Å². The Morgan fingerprint density at radius 3 is 3.15 bits per heavy atom. The molecule has 1 atom stereocenters. The number of carbonyl (C=O) groups excluding carboxylic acids is 1. The summed E-state index contributed by atoms with van der Waals surface area (Å²) in [5.41, 5.74) is 5.96. The summed E-state index contributed by atoms with van der Waals surface area (Å²) in [7, 11) is 0.